The molecule has 5 aromatic carbocycles. The lowest BCUT2D eigenvalue weighted by Crippen LogP contribution is -2.36. The Labute approximate surface area is 399 Å². The Balaban J connectivity index is 0.839. The molecule has 0 fully saturated rings. The number of benzene rings is 5. The van der Waals surface area contributed by atoms with Gasteiger partial charge in [0, 0.05) is 126 Å². The molecule has 0 spiro atoms. The van der Waals surface area contributed by atoms with Gasteiger partial charge in [-0.1, -0.05) is 12.1 Å². The Morgan fingerprint density at radius 3 is 1.10 bits per heavy atom. The highest BCUT2D eigenvalue weighted by Crippen LogP contribution is 2.25. The Bertz CT molecular complexity index is 2600. The van der Waals surface area contributed by atoms with E-state index >= 15 is 0 Å². The second-order valence-electron chi connectivity index (χ2n) is 16.9. The lowest BCUT2D eigenvalue weighted by molar-refractivity contribution is -0.684. The highest BCUT2D eigenvalue weighted by molar-refractivity contribution is 5.97. The molecule has 0 unspecified atom stereocenters. The molecular weight excluding hydrogens is 849 g/mol. The van der Waals surface area contributed by atoms with Gasteiger partial charge in [0.25, 0.3) is 11.8 Å². The van der Waals surface area contributed by atoms with Gasteiger partial charge in [-0.3, -0.25) is 9.59 Å². The molecule has 0 saturated heterocycles. The summed E-state index contributed by atoms with van der Waals surface area (Å²) in [5, 5.41) is 24.9. The van der Waals surface area contributed by atoms with Crippen LogP contribution < -0.4 is 29.6 Å². The maximum Gasteiger partial charge on any atom is 0.350 e. The number of hydrogen-bond donors (Lipinski definition) is 2. The SMILES string of the molecule is CN(CCC[n+]1ccccc1N=Nc1ccc(Nc2ccc(N(C)C)cc2)cc1)C(=O)c1ccc(C(=O)N(C)CCC[n+]2ccccc2/N=N/c2ccc(Nc3ccc(N(C)C)cc3)cc2)cc1. The average Bonchev–Trinajstić information content (AvgIpc) is 3.36. The third kappa shape index (κ3) is 13.4. The number of hydrogen-bond acceptors (Lipinski definition) is 10. The number of amides is 2. The van der Waals surface area contributed by atoms with Gasteiger partial charge in [-0.15, -0.1) is 0 Å². The monoisotopic (exact) mass is 908 g/mol. The van der Waals surface area contributed by atoms with Crippen LogP contribution in [0.2, 0.25) is 0 Å². The highest BCUT2D eigenvalue weighted by Gasteiger charge is 2.17. The van der Waals surface area contributed by atoms with Crippen LogP contribution in [0.5, 0.6) is 0 Å². The van der Waals surface area contributed by atoms with Gasteiger partial charge >= 0.3 is 11.6 Å². The van der Waals surface area contributed by atoms with Crippen LogP contribution in [-0.2, 0) is 13.1 Å². The second kappa shape index (κ2) is 23.3. The summed E-state index contributed by atoms with van der Waals surface area (Å²) in [4.78, 5) is 34.3. The van der Waals surface area contributed by atoms with Crippen molar-refractivity contribution in [2.45, 2.75) is 25.9 Å². The Morgan fingerprint density at radius 2 is 0.765 bits per heavy atom. The summed E-state index contributed by atoms with van der Waals surface area (Å²) in [5.41, 5.74) is 8.75. The molecule has 2 amide bonds. The zero-order chi connectivity index (χ0) is 47.8. The molecule has 14 heteroatoms. The molecule has 0 saturated carbocycles. The number of carbonyl (C=O) groups is 2. The predicted octanol–water partition coefficient (Wildman–Crippen LogP) is 11.0. The molecule has 0 bridgehead atoms. The largest absolute Gasteiger partial charge is 0.378 e. The summed E-state index contributed by atoms with van der Waals surface area (Å²) in [6.07, 6.45) is 5.36. The lowest BCUT2D eigenvalue weighted by Gasteiger charge is -2.18. The number of pyridine rings is 2. The van der Waals surface area contributed by atoms with Gasteiger partial charge in [0.1, 0.15) is 11.4 Å². The van der Waals surface area contributed by atoms with Crippen LogP contribution in [0, 0.1) is 0 Å². The zero-order valence-corrected chi connectivity index (χ0v) is 39.7. The summed E-state index contributed by atoms with van der Waals surface area (Å²) in [7, 11) is 11.7. The Morgan fingerprint density at radius 1 is 0.426 bits per heavy atom. The van der Waals surface area contributed by atoms with E-state index in [1.165, 1.54) is 0 Å². The van der Waals surface area contributed by atoms with Crippen molar-refractivity contribution < 1.29 is 18.7 Å². The van der Waals surface area contributed by atoms with Crippen molar-refractivity contribution in [3.05, 3.63) is 181 Å². The third-order valence-electron chi connectivity index (χ3n) is 11.3. The fraction of sp³-hybridized carbons (Fsp3) is 0.222. The van der Waals surface area contributed by atoms with Crippen LogP contribution in [0.1, 0.15) is 33.6 Å². The van der Waals surface area contributed by atoms with Crippen molar-refractivity contribution in [1.29, 1.82) is 0 Å². The molecule has 0 radical (unpaired) electrons. The molecule has 0 atom stereocenters. The molecule has 2 N–H and O–H groups in total. The number of aromatic nitrogens is 2. The first-order valence-corrected chi connectivity index (χ1v) is 22.7. The van der Waals surface area contributed by atoms with E-state index in [9.17, 15) is 9.59 Å². The molecule has 0 aliphatic carbocycles. The fourth-order valence-corrected chi connectivity index (χ4v) is 7.31. The number of aryl methyl sites for hydroxylation is 2. The van der Waals surface area contributed by atoms with Crippen LogP contribution >= 0.6 is 0 Å². The molecule has 7 rings (SSSR count). The number of rotatable bonds is 20. The first-order valence-electron chi connectivity index (χ1n) is 22.7. The van der Waals surface area contributed by atoms with Crippen molar-refractivity contribution in [2.24, 2.45) is 20.5 Å². The smallest absolute Gasteiger partial charge is 0.350 e. The molecule has 2 heterocycles. The molecule has 68 heavy (non-hydrogen) atoms. The first-order chi connectivity index (χ1) is 33.0. The lowest BCUT2D eigenvalue weighted by atomic mass is 10.1. The second-order valence-corrected chi connectivity index (χ2v) is 16.9. The van der Waals surface area contributed by atoms with Crippen molar-refractivity contribution in [1.82, 2.24) is 9.80 Å². The minimum absolute atomic E-state index is 0.109. The molecule has 2 aromatic heterocycles. The molecule has 346 valence electrons. The van der Waals surface area contributed by atoms with Crippen LogP contribution in [0.25, 0.3) is 0 Å². The topological polar surface area (TPSA) is 128 Å². The minimum Gasteiger partial charge on any atom is -0.378 e. The van der Waals surface area contributed by atoms with Gasteiger partial charge in [0.15, 0.2) is 0 Å². The van der Waals surface area contributed by atoms with Crippen LogP contribution in [0.3, 0.4) is 0 Å². The number of azo groups is 2. The summed E-state index contributed by atoms with van der Waals surface area (Å²) in [5.74, 6) is 1.22. The maximum absolute atomic E-state index is 13.4. The molecular formula is C54H60N12O2+2. The highest BCUT2D eigenvalue weighted by atomic mass is 16.2. The van der Waals surface area contributed by atoms with E-state index in [1.54, 1.807) is 48.2 Å². The molecule has 0 aliphatic heterocycles. The zero-order valence-electron chi connectivity index (χ0n) is 39.7. The predicted molar refractivity (Wildman–Crippen MR) is 272 cm³/mol. The van der Waals surface area contributed by atoms with E-state index < -0.39 is 0 Å². The van der Waals surface area contributed by atoms with Gasteiger partial charge in [-0.2, -0.15) is 0 Å². The number of anilines is 6. The quantitative estimate of drug-likeness (QED) is 0.0579. The van der Waals surface area contributed by atoms with E-state index in [0.29, 0.717) is 50.1 Å². The summed E-state index contributed by atoms with van der Waals surface area (Å²) < 4.78 is 4.06. The number of carbonyl (C=O) groups excluding carboxylic acids is 2. The van der Waals surface area contributed by atoms with Crippen LogP contribution in [0.4, 0.5) is 57.1 Å². The number of nitrogens with one attached hydrogen (secondary N) is 2. The molecule has 14 nitrogen and oxygen atoms in total. The van der Waals surface area contributed by atoms with Crippen LogP contribution in [-0.4, -0.2) is 77.0 Å². The standard InChI is InChI=1S/C54H58N12O2/c1-61(2)49-31-27-45(28-32-49)55-43-19-23-47(24-20-43)57-59-51-13-7-9-37-65(51)39-11-35-63(5)53(67)41-15-17-42(18-16-41)54(68)64(6)36-12-40-66-38-10-8-14-52(66)60-58-48-25-21-44(22-26-48)56-46-29-33-50(34-30-46)62(3)4/h7-10,13-34,37-38H,11-12,35-36,39-40H2,1-6H3/p+2. The van der Waals surface area contributed by atoms with Crippen molar-refractivity contribution >= 4 is 68.9 Å². The Kier molecular flexibility index (Phi) is 16.3. The maximum atomic E-state index is 13.4. The van der Waals surface area contributed by atoms with E-state index in [2.05, 4.69) is 89.4 Å². The normalized spacial score (nSPS) is 11.1. The first kappa shape index (κ1) is 47.7. The summed E-state index contributed by atoms with van der Waals surface area (Å²) in [6.45, 7) is 2.37. The van der Waals surface area contributed by atoms with Crippen molar-refractivity contribution in [3.63, 3.8) is 0 Å². The van der Waals surface area contributed by atoms with Gasteiger partial charge in [-0.05, 0) is 144 Å². The summed E-state index contributed by atoms with van der Waals surface area (Å²) in [6, 6.07) is 50.7. The van der Waals surface area contributed by atoms with E-state index in [4.69, 9.17) is 0 Å². The van der Waals surface area contributed by atoms with Gasteiger partial charge in [-0.25, -0.2) is 9.13 Å². The van der Waals surface area contributed by atoms with Gasteiger partial charge in [0.2, 0.25) is 0 Å². The third-order valence-corrected chi connectivity index (χ3v) is 11.3. The molecule has 0 aliphatic rings. The van der Waals surface area contributed by atoms with Crippen LogP contribution in [0.15, 0.2) is 191 Å². The van der Waals surface area contributed by atoms with E-state index in [1.807, 2.05) is 135 Å². The summed E-state index contributed by atoms with van der Waals surface area (Å²) >= 11 is 0. The van der Waals surface area contributed by atoms with Crippen molar-refractivity contribution in [2.75, 3.05) is 75.8 Å². The fourth-order valence-electron chi connectivity index (χ4n) is 7.31. The average molecular weight is 909 g/mol. The minimum atomic E-state index is -0.109. The molecule has 7 aromatic rings. The van der Waals surface area contributed by atoms with E-state index in [0.717, 1.165) is 57.1 Å². The van der Waals surface area contributed by atoms with E-state index in [-0.39, 0.29) is 11.8 Å². The number of nitrogens with zero attached hydrogens (tertiary/aromatic N) is 10. The van der Waals surface area contributed by atoms with Crippen molar-refractivity contribution in [3.8, 4) is 0 Å². The van der Waals surface area contributed by atoms with Gasteiger partial charge < -0.3 is 30.2 Å². The Hall–Kier alpha value is -8.26. The van der Waals surface area contributed by atoms with Gasteiger partial charge in [0.05, 0.1) is 35.7 Å².